The number of nitrogens with zero attached hydrogens (tertiary/aromatic N) is 1. The smallest absolute Gasteiger partial charge is 0.351 e. The minimum atomic E-state index is -0.874. The van der Waals surface area contributed by atoms with E-state index in [0.717, 1.165) is 11.3 Å². The summed E-state index contributed by atoms with van der Waals surface area (Å²) in [5.74, 6) is 0.918. The molecule has 3 nitrogen and oxygen atoms in total. The maximum atomic E-state index is 12.6. The molecule has 0 unspecified atom stereocenters. The number of thioether (sulfide) groups is 1. The van der Waals surface area contributed by atoms with Crippen LogP contribution < -0.4 is 0 Å². The average molecular weight is 325 g/mol. The molecule has 0 saturated carbocycles. The van der Waals surface area contributed by atoms with Crippen LogP contribution in [0, 0.1) is 5.92 Å². The van der Waals surface area contributed by atoms with Crippen LogP contribution in [0.2, 0.25) is 0 Å². The normalized spacial score (nSPS) is 20.5. The molecule has 0 radical (unpaired) electrons. The number of hydrogen-bond donors (Lipinski definition) is 0. The average Bonchev–Trinajstić information content (AvgIpc) is 2.93. The molecule has 0 amide bonds. The van der Waals surface area contributed by atoms with Crippen molar-refractivity contribution >= 4 is 23.6 Å². The molecule has 3 rings (SSSR count). The molecular weight excluding hydrogens is 306 g/mol. The lowest BCUT2D eigenvalue weighted by Gasteiger charge is -2.25. The SMILES string of the molecule is CC(C)[C@]1(SCc2ccccc2)N=C(c2ccccc2)OC1=O. The summed E-state index contributed by atoms with van der Waals surface area (Å²) in [6, 6.07) is 19.7. The van der Waals surface area contributed by atoms with Crippen LogP contribution in [0.3, 0.4) is 0 Å². The van der Waals surface area contributed by atoms with Crippen molar-refractivity contribution in [2.24, 2.45) is 10.9 Å². The second kappa shape index (κ2) is 6.59. The van der Waals surface area contributed by atoms with Gasteiger partial charge in [-0.3, -0.25) is 0 Å². The number of benzene rings is 2. The molecule has 0 saturated heterocycles. The van der Waals surface area contributed by atoms with E-state index in [2.05, 4.69) is 12.1 Å². The molecule has 0 N–H and O–H groups in total. The van der Waals surface area contributed by atoms with Crippen LogP contribution in [-0.4, -0.2) is 16.7 Å². The molecule has 1 aliphatic rings. The molecule has 2 aromatic rings. The summed E-state index contributed by atoms with van der Waals surface area (Å²) in [6.07, 6.45) is 0. The van der Waals surface area contributed by atoms with E-state index in [-0.39, 0.29) is 11.9 Å². The van der Waals surface area contributed by atoms with Crippen molar-refractivity contribution in [3.8, 4) is 0 Å². The fraction of sp³-hybridized carbons (Fsp3) is 0.263. The first-order valence-electron chi connectivity index (χ1n) is 7.67. The predicted molar refractivity (Wildman–Crippen MR) is 94.4 cm³/mol. The number of hydrogen-bond acceptors (Lipinski definition) is 4. The number of rotatable bonds is 5. The lowest BCUT2D eigenvalue weighted by molar-refractivity contribution is -0.137. The van der Waals surface area contributed by atoms with Crippen LogP contribution >= 0.6 is 11.8 Å². The molecule has 118 valence electrons. The fourth-order valence-electron chi connectivity index (χ4n) is 2.47. The minimum absolute atomic E-state index is 0.0462. The van der Waals surface area contributed by atoms with E-state index in [1.807, 2.05) is 62.4 Å². The van der Waals surface area contributed by atoms with Gasteiger partial charge in [-0.15, -0.1) is 11.8 Å². The first-order valence-corrected chi connectivity index (χ1v) is 8.66. The quantitative estimate of drug-likeness (QED) is 0.770. The Bertz CT molecular complexity index is 713. The monoisotopic (exact) mass is 325 g/mol. The van der Waals surface area contributed by atoms with Gasteiger partial charge < -0.3 is 4.74 Å². The maximum Gasteiger partial charge on any atom is 0.351 e. The van der Waals surface area contributed by atoms with Crippen molar-refractivity contribution in [1.29, 1.82) is 0 Å². The summed E-state index contributed by atoms with van der Waals surface area (Å²) < 4.78 is 5.50. The van der Waals surface area contributed by atoms with Gasteiger partial charge in [-0.1, -0.05) is 62.4 Å². The molecular formula is C19H19NO2S. The highest BCUT2D eigenvalue weighted by Crippen LogP contribution is 2.42. The van der Waals surface area contributed by atoms with Gasteiger partial charge in [0.2, 0.25) is 10.8 Å². The predicted octanol–water partition coefficient (Wildman–Crippen LogP) is 4.28. The van der Waals surface area contributed by atoms with E-state index < -0.39 is 4.87 Å². The van der Waals surface area contributed by atoms with Crippen molar-refractivity contribution in [3.63, 3.8) is 0 Å². The lowest BCUT2D eigenvalue weighted by Crippen LogP contribution is -2.36. The first kappa shape index (κ1) is 15.8. The van der Waals surface area contributed by atoms with E-state index in [1.165, 1.54) is 17.3 Å². The Kier molecular flexibility index (Phi) is 4.53. The zero-order chi connectivity index (χ0) is 16.3. The Labute approximate surface area is 140 Å². The van der Waals surface area contributed by atoms with Crippen LogP contribution in [0.5, 0.6) is 0 Å². The standard InChI is InChI=1S/C19H19NO2S/c1-14(2)19(23-13-15-9-5-3-6-10-15)18(21)22-17(20-19)16-11-7-4-8-12-16/h3-12,14H,13H2,1-2H3/t19-/m1/s1. The molecule has 23 heavy (non-hydrogen) atoms. The van der Waals surface area contributed by atoms with E-state index >= 15 is 0 Å². The summed E-state index contributed by atoms with van der Waals surface area (Å²) in [4.78, 5) is 16.4. The van der Waals surface area contributed by atoms with E-state index in [4.69, 9.17) is 9.73 Å². The Morgan fingerprint density at radius 2 is 1.65 bits per heavy atom. The van der Waals surface area contributed by atoms with Crippen LogP contribution in [0.4, 0.5) is 0 Å². The zero-order valence-corrected chi connectivity index (χ0v) is 14.0. The van der Waals surface area contributed by atoms with Gasteiger partial charge in [0, 0.05) is 11.3 Å². The van der Waals surface area contributed by atoms with Gasteiger partial charge >= 0.3 is 5.97 Å². The molecule has 0 spiro atoms. The number of aliphatic imine (C=N–C) groups is 1. The second-order valence-electron chi connectivity index (χ2n) is 5.80. The summed E-state index contributed by atoms with van der Waals surface area (Å²) in [5.41, 5.74) is 2.01. The molecule has 1 atom stereocenters. The highest BCUT2D eigenvalue weighted by atomic mass is 32.2. The summed E-state index contributed by atoms with van der Waals surface area (Å²) in [6.45, 7) is 4.02. The third kappa shape index (κ3) is 3.17. The van der Waals surface area contributed by atoms with Crippen LogP contribution in [-0.2, 0) is 15.3 Å². The van der Waals surface area contributed by atoms with Crippen molar-refractivity contribution < 1.29 is 9.53 Å². The number of esters is 1. The zero-order valence-electron chi connectivity index (χ0n) is 13.2. The minimum Gasteiger partial charge on any atom is -0.405 e. The van der Waals surface area contributed by atoms with Crippen molar-refractivity contribution in [2.75, 3.05) is 0 Å². The lowest BCUT2D eigenvalue weighted by atomic mass is 10.1. The topological polar surface area (TPSA) is 38.7 Å². The summed E-state index contributed by atoms with van der Waals surface area (Å²) in [7, 11) is 0. The Hall–Kier alpha value is -2.07. The largest absolute Gasteiger partial charge is 0.405 e. The van der Waals surface area contributed by atoms with Gasteiger partial charge in [-0.25, -0.2) is 9.79 Å². The van der Waals surface area contributed by atoms with Gasteiger partial charge in [-0.2, -0.15) is 0 Å². The van der Waals surface area contributed by atoms with E-state index in [0.29, 0.717) is 5.90 Å². The summed E-state index contributed by atoms with van der Waals surface area (Å²) >= 11 is 1.54. The number of cyclic esters (lactones) is 1. The van der Waals surface area contributed by atoms with Gasteiger partial charge in [0.05, 0.1) is 0 Å². The Balaban J connectivity index is 1.88. The molecule has 1 aliphatic heterocycles. The van der Waals surface area contributed by atoms with Gasteiger partial charge in [-0.05, 0) is 23.6 Å². The summed E-state index contributed by atoms with van der Waals surface area (Å²) in [5, 5.41) is 0. The maximum absolute atomic E-state index is 12.6. The van der Waals surface area contributed by atoms with Gasteiger partial charge in [0.25, 0.3) is 0 Å². The molecule has 0 aromatic heterocycles. The molecule has 2 aromatic carbocycles. The molecule has 0 bridgehead atoms. The highest BCUT2D eigenvalue weighted by molar-refractivity contribution is 8.00. The van der Waals surface area contributed by atoms with Crippen LogP contribution in [0.25, 0.3) is 0 Å². The van der Waals surface area contributed by atoms with Gasteiger partial charge in [0.1, 0.15) is 0 Å². The fourth-order valence-corrected chi connectivity index (χ4v) is 3.69. The first-order chi connectivity index (χ1) is 11.1. The van der Waals surface area contributed by atoms with Crippen LogP contribution in [0.1, 0.15) is 25.0 Å². The number of carbonyl (C=O) groups is 1. The third-order valence-electron chi connectivity index (χ3n) is 3.85. The van der Waals surface area contributed by atoms with Gasteiger partial charge in [0.15, 0.2) is 0 Å². The van der Waals surface area contributed by atoms with Crippen molar-refractivity contribution in [3.05, 3.63) is 71.8 Å². The van der Waals surface area contributed by atoms with E-state index in [1.54, 1.807) is 0 Å². The molecule has 0 fully saturated rings. The number of carbonyl (C=O) groups excluding carboxylic acids is 1. The number of ether oxygens (including phenoxy) is 1. The molecule has 0 aliphatic carbocycles. The van der Waals surface area contributed by atoms with Crippen molar-refractivity contribution in [1.82, 2.24) is 0 Å². The van der Waals surface area contributed by atoms with Crippen molar-refractivity contribution in [2.45, 2.75) is 24.5 Å². The molecule has 4 heteroatoms. The van der Waals surface area contributed by atoms with Crippen LogP contribution in [0.15, 0.2) is 65.7 Å². The van der Waals surface area contributed by atoms with E-state index in [9.17, 15) is 4.79 Å². The Morgan fingerprint density at radius 1 is 1.04 bits per heavy atom. The third-order valence-corrected chi connectivity index (χ3v) is 5.50. The highest BCUT2D eigenvalue weighted by Gasteiger charge is 2.49. The molecule has 1 heterocycles. The second-order valence-corrected chi connectivity index (χ2v) is 7.00. The Morgan fingerprint density at radius 3 is 2.26 bits per heavy atom.